The average molecular weight is 275 g/mol. The van der Waals surface area contributed by atoms with E-state index in [0.29, 0.717) is 12.0 Å². The largest absolute Gasteiger partial charge is 0.373 e. The van der Waals surface area contributed by atoms with Crippen molar-refractivity contribution in [2.24, 2.45) is 5.92 Å². The van der Waals surface area contributed by atoms with Crippen molar-refractivity contribution in [1.82, 2.24) is 5.32 Å². The zero-order chi connectivity index (χ0) is 14.6. The Morgan fingerprint density at radius 2 is 1.95 bits per heavy atom. The molecule has 0 amide bonds. The number of benzene rings is 1. The van der Waals surface area contributed by atoms with Crippen LogP contribution in [0.3, 0.4) is 0 Å². The molecular formula is C18H29NO. The molecule has 1 aliphatic rings. The van der Waals surface area contributed by atoms with Gasteiger partial charge in [0.15, 0.2) is 0 Å². The van der Waals surface area contributed by atoms with Crippen LogP contribution in [0.1, 0.15) is 57.7 Å². The molecule has 112 valence electrons. The number of hydrogen-bond acceptors (Lipinski definition) is 2. The van der Waals surface area contributed by atoms with Crippen molar-refractivity contribution in [3.63, 3.8) is 0 Å². The Kier molecular flexibility index (Phi) is 5.22. The number of ether oxygens (including phenoxy) is 1. The second-order valence-electron chi connectivity index (χ2n) is 6.59. The van der Waals surface area contributed by atoms with E-state index in [0.717, 1.165) is 26.0 Å². The van der Waals surface area contributed by atoms with Gasteiger partial charge < -0.3 is 10.1 Å². The molecule has 1 saturated heterocycles. The summed E-state index contributed by atoms with van der Waals surface area (Å²) in [5, 5.41) is 3.62. The van der Waals surface area contributed by atoms with Gasteiger partial charge in [0.2, 0.25) is 0 Å². The van der Waals surface area contributed by atoms with Gasteiger partial charge in [0.1, 0.15) is 0 Å². The van der Waals surface area contributed by atoms with Gasteiger partial charge in [0.25, 0.3) is 0 Å². The Bertz CT molecular complexity index is 404. The highest BCUT2D eigenvalue weighted by Crippen LogP contribution is 2.37. The van der Waals surface area contributed by atoms with Gasteiger partial charge in [0.05, 0.1) is 11.6 Å². The molecule has 0 saturated carbocycles. The molecule has 1 fully saturated rings. The van der Waals surface area contributed by atoms with Crippen molar-refractivity contribution in [3.05, 3.63) is 35.4 Å². The Labute approximate surface area is 123 Å². The molecule has 1 heterocycles. The molecule has 0 aliphatic carbocycles. The monoisotopic (exact) mass is 275 g/mol. The molecule has 2 atom stereocenters. The van der Waals surface area contributed by atoms with E-state index >= 15 is 0 Å². The zero-order valence-corrected chi connectivity index (χ0v) is 13.4. The van der Waals surface area contributed by atoms with Crippen LogP contribution < -0.4 is 5.32 Å². The molecule has 2 heteroatoms. The minimum atomic E-state index is -0.0599. The van der Waals surface area contributed by atoms with Gasteiger partial charge in [-0.2, -0.15) is 0 Å². The van der Waals surface area contributed by atoms with Gasteiger partial charge >= 0.3 is 0 Å². The predicted molar refractivity (Wildman–Crippen MR) is 85.0 cm³/mol. The summed E-state index contributed by atoms with van der Waals surface area (Å²) in [4.78, 5) is 0. The lowest BCUT2D eigenvalue weighted by Gasteiger charge is -2.34. The van der Waals surface area contributed by atoms with Gasteiger partial charge in [-0.3, -0.25) is 0 Å². The summed E-state index contributed by atoms with van der Waals surface area (Å²) >= 11 is 0. The van der Waals surface area contributed by atoms with E-state index in [1.807, 2.05) is 0 Å². The highest BCUT2D eigenvalue weighted by atomic mass is 16.5. The van der Waals surface area contributed by atoms with Crippen molar-refractivity contribution in [3.8, 4) is 0 Å². The van der Waals surface area contributed by atoms with Gasteiger partial charge in [-0.25, -0.2) is 0 Å². The molecule has 0 bridgehead atoms. The van der Waals surface area contributed by atoms with Crippen molar-refractivity contribution >= 4 is 0 Å². The van der Waals surface area contributed by atoms with Gasteiger partial charge in [0, 0.05) is 6.61 Å². The van der Waals surface area contributed by atoms with E-state index in [4.69, 9.17) is 4.74 Å². The van der Waals surface area contributed by atoms with Crippen LogP contribution in [0.15, 0.2) is 24.3 Å². The maximum atomic E-state index is 6.04. The lowest BCUT2D eigenvalue weighted by molar-refractivity contribution is -0.0121. The Morgan fingerprint density at radius 1 is 1.25 bits per heavy atom. The minimum absolute atomic E-state index is 0.0599. The lowest BCUT2D eigenvalue weighted by atomic mass is 9.87. The Morgan fingerprint density at radius 3 is 2.45 bits per heavy atom. The fraction of sp³-hybridized carbons (Fsp3) is 0.667. The van der Waals surface area contributed by atoms with Crippen LogP contribution in [-0.4, -0.2) is 18.8 Å². The van der Waals surface area contributed by atoms with Gasteiger partial charge in [-0.05, 0) is 49.8 Å². The van der Waals surface area contributed by atoms with Crippen molar-refractivity contribution in [2.75, 3.05) is 13.2 Å². The topological polar surface area (TPSA) is 21.3 Å². The number of rotatable bonds is 6. The highest BCUT2D eigenvalue weighted by Gasteiger charge is 2.38. The first-order valence-electron chi connectivity index (χ1n) is 8.01. The van der Waals surface area contributed by atoms with Crippen LogP contribution in [0.5, 0.6) is 0 Å². The molecule has 0 aromatic heterocycles. The van der Waals surface area contributed by atoms with E-state index in [-0.39, 0.29) is 5.60 Å². The highest BCUT2D eigenvalue weighted by molar-refractivity contribution is 5.27. The van der Waals surface area contributed by atoms with E-state index < -0.39 is 0 Å². The van der Waals surface area contributed by atoms with Crippen LogP contribution in [-0.2, 0) is 11.2 Å². The van der Waals surface area contributed by atoms with Crippen molar-refractivity contribution < 1.29 is 4.74 Å². The summed E-state index contributed by atoms with van der Waals surface area (Å²) in [7, 11) is 0. The summed E-state index contributed by atoms with van der Waals surface area (Å²) < 4.78 is 6.04. The second-order valence-corrected chi connectivity index (χ2v) is 6.59. The molecule has 2 nitrogen and oxygen atoms in total. The van der Waals surface area contributed by atoms with Crippen LogP contribution in [0.2, 0.25) is 0 Å². The van der Waals surface area contributed by atoms with Crippen LogP contribution in [0.25, 0.3) is 0 Å². The Hall–Kier alpha value is -0.860. The smallest absolute Gasteiger partial charge is 0.0849 e. The molecule has 2 unspecified atom stereocenters. The summed E-state index contributed by atoms with van der Waals surface area (Å²) in [5.41, 5.74) is 2.72. The van der Waals surface area contributed by atoms with Crippen LogP contribution >= 0.6 is 0 Å². The first kappa shape index (κ1) is 15.5. The Balaban J connectivity index is 2.16. The number of nitrogens with one attached hydrogen (secondary N) is 1. The third-order valence-corrected chi connectivity index (χ3v) is 4.23. The minimum Gasteiger partial charge on any atom is -0.373 e. The summed E-state index contributed by atoms with van der Waals surface area (Å²) in [6.07, 6.45) is 3.46. The third-order valence-electron chi connectivity index (χ3n) is 4.23. The third kappa shape index (κ3) is 3.62. The quantitative estimate of drug-likeness (QED) is 0.843. The summed E-state index contributed by atoms with van der Waals surface area (Å²) in [6.45, 7) is 10.8. The standard InChI is InChI=1S/C18H29NO/c1-5-19-17(18(4)11-6-12-20-18)16-9-7-15(8-10-16)13-14(2)3/h7-10,14,17,19H,5-6,11-13H2,1-4H3. The fourth-order valence-electron chi connectivity index (χ4n) is 3.24. The van der Waals surface area contributed by atoms with E-state index in [9.17, 15) is 0 Å². The predicted octanol–water partition coefficient (Wildman–Crippen LogP) is 4.10. The van der Waals surface area contributed by atoms with Gasteiger partial charge in [-0.15, -0.1) is 0 Å². The molecule has 0 spiro atoms. The maximum absolute atomic E-state index is 6.04. The molecule has 0 radical (unpaired) electrons. The number of hydrogen-bond donors (Lipinski definition) is 1. The second kappa shape index (κ2) is 6.73. The molecule has 1 aliphatic heterocycles. The van der Waals surface area contributed by atoms with Crippen LogP contribution in [0, 0.1) is 5.92 Å². The maximum Gasteiger partial charge on any atom is 0.0849 e. The number of likely N-dealkylation sites (N-methyl/N-ethyl adjacent to an activating group) is 1. The SMILES string of the molecule is CCNC(c1ccc(CC(C)C)cc1)C1(C)CCCO1. The first-order valence-corrected chi connectivity index (χ1v) is 8.01. The fourth-order valence-corrected chi connectivity index (χ4v) is 3.24. The molecule has 1 N–H and O–H groups in total. The van der Waals surface area contributed by atoms with E-state index in [1.54, 1.807) is 0 Å². The average Bonchev–Trinajstić information content (AvgIpc) is 2.84. The van der Waals surface area contributed by atoms with E-state index in [1.165, 1.54) is 17.5 Å². The zero-order valence-electron chi connectivity index (χ0n) is 13.4. The molecular weight excluding hydrogens is 246 g/mol. The lowest BCUT2D eigenvalue weighted by Crippen LogP contribution is -2.41. The molecule has 2 rings (SSSR count). The normalized spacial score (nSPS) is 24.2. The summed E-state index contributed by atoms with van der Waals surface area (Å²) in [5.74, 6) is 0.709. The van der Waals surface area contributed by atoms with Crippen molar-refractivity contribution in [1.29, 1.82) is 0 Å². The van der Waals surface area contributed by atoms with Gasteiger partial charge in [-0.1, -0.05) is 45.0 Å². The summed E-state index contributed by atoms with van der Waals surface area (Å²) in [6, 6.07) is 9.40. The van der Waals surface area contributed by atoms with Crippen molar-refractivity contribution in [2.45, 2.75) is 58.6 Å². The molecule has 1 aromatic rings. The molecule has 20 heavy (non-hydrogen) atoms. The molecule has 1 aromatic carbocycles. The first-order chi connectivity index (χ1) is 9.55. The van der Waals surface area contributed by atoms with Crippen LogP contribution in [0.4, 0.5) is 0 Å². The van der Waals surface area contributed by atoms with E-state index in [2.05, 4.69) is 57.3 Å².